The summed E-state index contributed by atoms with van der Waals surface area (Å²) in [7, 11) is 0. The topological polar surface area (TPSA) is 71.2 Å². The number of aromatic nitrogens is 2. The second-order valence-electron chi connectivity index (χ2n) is 8.08. The van der Waals surface area contributed by atoms with Crippen molar-refractivity contribution in [3.63, 3.8) is 0 Å². The highest BCUT2D eigenvalue weighted by Gasteiger charge is 2.54. The first-order valence-corrected chi connectivity index (χ1v) is 8.43. The molecule has 5 nitrogen and oxygen atoms in total. The third-order valence-corrected chi connectivity index (χ3v) is 6.47. The second-order valence-corrected chi connectivity index (χ2v) is 8.08. The maximum atomic E-state index is 10.6. The highest BCUT2D eigenvalue weighted by Crippen LogP contribution is 2.60. The SMILES string of the molecule is OC1(c2nc(C34CC5CC(CC(C5)C3)C4)no2)CCNC1. The fourth-order valence-electron chi connectivity index (χ4n) is 5.87. The second kappa shape index (κ2) is 4.07. The van der Waals surface area contributed by atoms with Gasteiger partial charge in [0.2, 0.25) is 0 Å². The largest absolute Gasteiger partial charge is 0.379 e. The summed E-state index contributed by atoms with van der Waals surface area (Å²) in [6.07, 6.45) is 8.60. The Bertz CT molecular complexity index is 526. The van der Waals surface area contributed by atoms with Gasteiger partial charge in [-0.3, -0.25) is 0 Å². The normalized spacial score (nSPS) is 48.1. The Labute approximate surface area is 124 Å². The van der Waals surface area contributed by atoms with Crippen LogP contribution in [0.25, 0.3) is 0 Å². The summed E-state index contributed by atoms with van der Waals surface area (Å²) in [5, 5.41) is 18.1. The molecule has 21 heavy (non-hydrogen) atoms. The van der Waals surface area contributed by atoms with Gasteiger partial charge in [0.15, 0.2) is 11.4 Å². The number of rotatable bonds is 2. The Balaban J connectivity index is 1.49. The van der Waals surface area contributed by atoms with Crippen LogP contribution in [-0.2, 0) is 11.0 Å². The molecule has 4 bridgehead atoms. The molecule has 6 rings (SSSR count). The molecule has 0 radical (unpaired) electrons. The predicted molar refractivity (Wildman–Crippen MR) is 75.5 cm³/mol. The van der Waals surface area contributed by atoms with E-state index in [4.69, 9.17) is 4.52 Å². The lowest BCUT2D eigenvalue weighted by atomic mass is 9.49. The smallest absolute Gasteiger partial charge is 0.260 e. The van der Waals surface area contributed by atoms with Crippen molar-refractivity contribution in [1.82, 2.24) is 15.5 Å². The zero-order valence-electron chi connectivity index (χ0n) is 12.3. The van der Waals surface area contributed by atoms with Crippen LogP contribution >= 0.6 is 0 Å². The zero-order valence-corrected chi connectivity index (χ0v) is 12.3. The lowest BCUT2D eigenvalue weighted by Gasteiger charge is -2.55. The number of nitrogens with one attached hydrogen (secondary N) is 1. The fourth-order valence-corrected chi connectivity index (χ4v) is 5.87. The molecule has 0 spiro atoms. The van der Waals surface area contributed by atoms with E-state index in [-0.39, 0.29) is 5.41 Å². The third-order valence-electron chi connectivity index (χ3n) is 6.47. The van der Waals surface area contributed by atoms with Crippen molar-refractivity contribution in [2.75, 3.05) is 13.1 Å². The predicted octanol–water partition coefficient (Wildman–Crippen LogP) is 1.72. The Morgan fingerprint density at radius 2 is 1.76 bits per heavy atom. The van der Waals surface area contributed by atoms with E-state index in [0.29, 0.717) is 18.9 Å². The first kappa shape index (κ1) is 12.6. The molecule has 1 atom stereocenters. The lowest BCUT2D eigenvalue weighted by molar-refractivity contribution is -0.0103. The van der Waals surface area contributed by atoms with Crippen LogP contribution in [0.4, 0.5) is 0 Å². The van der Waals surface area contributed by atoms with Gasteiger partial charge >= 0.3 is 0 Å². The molecule has 4 saturated carbocycles. The molecular formula is C16H23N3O2. The van der Waals surface area contributed by atoms with Gasteiger partial charge in [-0.1, -0.05) is 5.16 Å². The van der Waals surface area contributed by atoms with Crippen LogP contribution in [0, 0.1) is 17.8 Å². The van der Waals surface area contributed by atoms with Gasteiger partial charge in [-0.2, -0.15) is 4.98 Å². The maximum Gasteiger partial charge on any atom is 0.260 e. The number of hydrogen-bond donors (Lipinski definition) is 2. The molecule has 1 aromatic heterocycles. The first-order valence-electron chi connectivity index (χ1n) is 8.43. The summed E-state index contributed by atoms with van der Waals surface area (Å²) in [6, 6.07) is 0. The van der Waals surface area contributed by atoms with Gasteiger partial charge in [0, 0.05) is 12.0 Å². The Kier molecular flexibility index (Phi) is 2.44. The van der Waals surface area contributed by atoms with Crippen molar-refractivity contribution in [2.45, 2.75) is 56.0 Å². The van der Waals surface area contributed by atoms with Crippen LogP contribution in [0.15, 0.2) is 4.52 Å². The molecule has 5 fully saturated rings. The summed E-state index contributed by atoms with van der Waals surface area (Å²) in [5.74, 6) is 3.92. The van der Waals surface area contributed by atoms with E-state index in [1.807, 2.05) is 0 Å². The number of hydrogen-bond acceptors (Lipinski definition) is 5. The zero-order chi connectivity index (χ0) is 14.1. The molecule has 5 heteroatoms. The van der Waals surface area contributed by atoms with Gasteiger partial charge in [0.1, 0.15) is 0 Å². The summed E-state index contributed by atoms with van der Waals surface area (Å²) in [6.45, 7) is 1.33. The summed E-state index contributed by atoms with van der Waals surface area (Å²) in [4.78, 5) is 4.69. The first-order chi connectivity index (χ1) is 10.2. The molecule has 1 aromatic rings. The molecule has 1 aliphatic heterocycles. The number of aliphatic hydroxyl groups is 1. The van der Waals surface area contributed by atoms with Crippen LogP contribution in [0.3, 0.4) is 0 Å². The van der Waals surface area contributed by atoms with Crippen LogP contribution in [0.1, 0.15) is 56.7 Å². The monoisotopic (exact) mass is 289 g/mol. The minimum Gasteiger partial charge on any atom is -0.379 e. The summed E-state index contributed by atoms with van der Waals surface area (Å²) < 4.78 is 5.49. The third kappa shape index (κ3) is 1.77. The molecule has 114 valence electrons. The summed E-state index contributed by atoms with van der Waals surface area (Å²) in [5.41, 5.74) is -0.799. The molecule has 0 amide bonds. The average molecular weight is 289 g/mol. The van der Waals surface area contributed by atoms with Crippen molar-refractivity contribution in [3.8, 4) is 0 Å². The molecule has 1 saturated heterocycles. The molecular weight excluding hydrogens is 266 g/mol. The van der Waals surface area contributed by atoms with Crippen LogP contribution in [-0.4, -0.2) is 28.3 Å². The highest BCUT2D eigenvalue weighted by molar-refractivity contribution is 5.18. The van der Waals surface area contributed by atoms with Crippen molar-refractivity contribution < 1.29 is 9.63 Å². The standard InChI is InChI=1S/C16H23N3O2/c20-16(1-2-17-9-16)14-18-13(19-21-14)15-6-10-3-11(7-15)5-12(4-10)8-15/h10-12,17,20H,1-9H2. The minimum atomic E-state index is -0.951. The molecule has 4 aliphatic carbocycles. The maximum absolute atomic E-state index is 10.6. The van der Waals surface area contributed by atoms with E-state index in [1.54, 1.807) is 0 Å². The van der Waals surface area contributed by atoms with Crippen molar-refractivity contribution in [2.24, 2.45) is 17.8 Å². The van der Waals surface area contributed by atoms with Gasteiger partial charge in [-0.25, -0.2) is 0 Å². The van der Waals surface area contributed by atoms with Crippen LogP contribution in [0.5, 0.6) is 0 Å². The molecule has 2 heterocycles. The van der Waals surface area contributed by atoms with Gasteiger partial charge in [0.25, 0.3) is 5.89 Å². The van der Waals surface area contributed by atoms with Crippen LogP contribution < -0.4 is 5.32 Å². The Morgan fingerprint density at radius 1 is 1.10 bits per heavy atom. The van der Waals surface area contributed by atoms with E-state index in [9.17, 15) is 5.11 Å². The number of β-amino-alcohol motifs (C(OH)–C–C–N with tert-alkyl or cyclic N) is 1. The van der Waals surface area contributed by atoms with Crippen molar-refractivity contribution in [3.05, 3.63) is 11.7 Å². The van der Waals surface area contributed by atoms with Crippen molar-refractivity contribution >= 4 is 0 Å². The quantitative estimate of drug-likeness (QED) is 0.867. The van der Waals surface area contributed by atoms with Crippen molar-refractivity contribution in [1.29, 1.82) is 0 Å². The molecule has 5 aliphatic rings. The van der Waals surface area contributed by atoms with E-state index >= 15 is 0 Å². The van der Waals surface area contributed by atoms with E-state index in [2.05, 4.69) is 15.5 Å². The van der Waals surface area contributed by atoms with Crippen LogP contribution in [0.2, 0.25) is 0 Å². The van der Waals surface area contributed by atoms with Gasteiger partial charge < -0.3 is 14.9 Å². The molecule has 0 aromatic carbocycles. The average Bonchev–Trinajstić information content (AvgIpc) is 3.06. The molecule has 2 N–H and O–H groups in total. The van der Waals surface area contributed by atoms with Gasteiger partial charge in [-0.05, 0) is 69.2 Å². The number of nitrogens with zero attached hydrogens (tertiary/aromatic N) is 2. The molecule has 1 unspecified atom stereocenters. The minimum absolute atomic E-state index is 0.152. The van der Waals surface area contributed by atoms with E-state index in [1.165, 1.54) is 38.5 Å². The lowest BCUT2D eigenvalue weighted by Crippen LogP contribution is -2.49. The Morgan fingerprint density at radius 3 is 2.33 bits per heavy atom. The van der Waals surface area contributed by atoms with E-state index < -0.39 is 5.60 Å². The highest BCUT2D eigenvalue weighted by atomic mass is 16.5. The fraction of sp³-hybridized carbons (Fsp3) is 0.875. The van der Waals surface area contributed by atoms with Gasteiger partial charge in [-0.15, -0.1) is 0 Å². The van der Waals surface area contributed by atoms with E-state index in [0.717, 1.165) is 30.1 Å². The van der Waals surface area contributed by atoms with Gasteiger partial charge in [0.05, 0.1) is 0 Å². The Hall–Kier alpha value is -0.940. The summed E-state index contributed by atoms with van der Waals surface area (Å²) >= 11 is 0.